The van der Waals surface area contributed by atoms with Gasteiger partial charge in [0, 0.05) is 12.1 Å². The molecule has 3 nitrogen and oxygen atoms in total. The lowest BCUT2D eigenvalue weighted by Crippen LogP contribution is -2.48. The van der Waals surface area contributed by atoms with Crippen molar-refractivity contribution in [3.05, 3.63) is 0 Å². The molecular weight excluding hydrogens is 214 g/mol. The van der Waals surface area contributed by atoms with Crippen molar-refractivity contribution in [2.75, 3.05) is 6.54 Å². The summed E-state index contributed by atoms with van der Waals surface area (Å²) in [6, 6.07) is 1.33. The standard InChI is InChI=1S/C14H25NO2/c1-11-5-3-4-10-15(11)12-6-8-14(2,9-7-12)13(16)17/h11-12H,3-10H2,1-2H3,(H,16,17). The van der Waals surface area contributed by atoms with Crippen LogP contribution in [0, 0.1) is 5.41 Å². The molecule has 1 aliphatic carbocycles. The van der Waals surface area contributed by atoms with Gasteiger partial charge in [0.25, 0.3) is 0 Å². The lowest BCUT2D eigenvalue weighted by molar-refractivity contribution is -0.150. The van der Waals surface area contributed by atoms with Crippen LogP contribution in [0.5, 0.6) is 0 Å². The first-order chi connectivity index (χ1) is 8.03. The Morgan fingerprint density at radius 2 is 1.88 bits per heavy atom. The third-order valence-electron chi connectivity index (χ3n) is 4.90. The fourth-order valence-corrected chi connectivity index (χ4v) is 3.45. The molecule has 1 saturated carbocycles. The van der Waals surface area contributed by atoms with Crippen LogP contribution in [-0.4, -0.2) is 34.6 Å². The lowest BCUT2D eigenvalue weighted by atomic mass is 9.73. The summed E-state index contributed by atoms with van der Waals surface area (Å²) in [5, 5.41) is 9.23. The van der Waals surface area contributed by atoms with Crippen LogP contribution in [0.1, 0.15) is 58.8 Å². The second kappa shape index (κ2) is 4.97. The summed E-state index contributed by atoms with van der Waals surface area (Å²) in [5.74, 6) is -0.609. The average molecular weight is 239 g/mol. The Labute approximate surface area is 104 Å². The van der Waals surface area contributed by atoms with E-state index in [4.69, 9.17) is 0 Å². The van der Waals surface area contributed by atoms with Gasteiger partial charge in [-0.3, -0.25) is 9.69 Å². The molecule has 2 rings (SSSR count). The van der Waals surface area contributed by atoms with Crippen molar-refractivity contribution in [3.63, 3.8) is 0 Å². The normalized spacial score (nSPS) is 40.1. The number of carbonyl (C=O) groups is 1. The quantitative estimate of drug-likeness (QED) is 0.805. The Morgan fingerprint density at radius 3 is 2.41 bits per heavy atom. The number of nitrogens with zero attached hydrogens (tertiary/aromatic N) is 1. The summed E-state index contributed by atoms with van der Waals surface area (Å²) in [6.07, 6.45) is 7.80. The highest BCUT2D eigenvalue weighted by atomic mass is 16.4. The van der Waals surface area contributed by atoms with Gasteiger partial charge in [-0.25, -0.2) is 0 Å². The van der Waals surface area contributed by atoms with Crippen molar-refractivity contribution in [3.8, 4) is 0 Å². The van der Waals surface area contributed by atoms with E-state index < -0.39 is 11.4 Å². The van der Waals surface area contributed by atoms with E-state index in [1.54, 1.807) is 0 Å². The fraction of sp³-hybridized carbons (Fsp3) is 0.929. The number of hydrogen-bond acceptors (Lipinski definition) is 2. The summed E-state index contributed by atoms with van der Waals surface area (Å²) in [4.78, 5) is 13.8. The van der Waals surface area contributed by atoms with Gasteiger partial charge in [-0.1, -0.05) is 6.42 Å². The van der Waals surface area contributed by atoms with E-state index in [0.717, 1.165) is 25.7 Å². The minimum atomic E-state index is -0.609. The average Bonchev–Trinajstić information content (AvgIpc) is 2.31. The smallest absolute Gasteiger partial charge is 0.309 e. The monoisotopic (exact) mass is 239 g/mol. The van der Waals surface area contributed by atoms with E-state index >= 15 is 0 Å². The molecule has 1 N–H and O–H groups in total. The van der Waals surface area contributed by atoms with Crippen LogP contribution in [-0.2, 0) is 4.79 Å². The van der Waals surface area contributed by atoms with E-state index in [0.29, 0.717) is 12.1 Å². The van der Waals surface area contributed by atoms with Crippen LogP contribution < -0.4 is 0 Å². The minimum absolute atomic E-state index is 0.463. The maximum Gasteiger partial charge on any atom is 0.309 e. The van der Waals surface area contributed by atoms with Gasteiger partial charge in [-0.05, 0) is 58.9 Å². The number of carboxylic acid groups (broad SMARTS) is 1. The van der Waals surface area contributed by atoms with E-state index in [2.05, 4.69) is 11.8 Å². The molecule has 0 radical (unpaired) electrons. The molecule has 2 fully saturated rings. The Morgan fingerprint density at radius 1 is 1.24 bits per heavy atom. The molecule has 0 spiro atoms. The third-order valence-corrected chi connectivity index (χ3v) is 4.90. The van der Waals surface area contributed by atoms with Crippen molar-refractivity contribution in [1.29, 1.82) is 0 Å². The molecule has 0 aromatic carbocycles. The number of aliphatic carboxylic acids is 1. The van der Waals surface area contributed by atoms with Gasteiger partial charge in [0.15, 0.2) is 0 Å². The second-order valence-corrected chi connectivity index (χ2v) is 6.18. The largest absolute Gasteiger partial charge is 0.481 e. The van der Waals surface area contributed by atoms with Crippen molar-refractivity contribution >= 4 is 5.97 Å². The predicted octanol–water partition coefficient (Wildman–Crippen LogP) is 2.89. The Bertz CT molecular complexity index is 282. The van der Waals surface area contributed by atoms with Gasteiger partial charge in [-0.2, -0.15) is 0 Å². The predicted molar refractivity (Wildman–Crippen MR) is 68.0 cm³/mol. The maximum absolute atomic E-state index is 11.2. The Hall–Kier alpha value is -0.570. The number of hydrogen-bond donors (Lipinski definition) is 1. The summed E-state index contributed by atoms with van der Waals surface area (Å²) < 4.78 is 0. The summed E-state index contributed by atoms with van der Waals surface area (Å²) in [6.45, 7) is 5.45. The van der Waals surface area contributed by atoms with Crippen molar-refractivity contribution in [1.82, 2.24) is 4.90 Å². The van der Waals surface area contributed by atoms with Crippen molar-refractivity contribution < 1.29 is 9.90 Å². The molecule has 1 atom stereocenters. The zero-order chi connectivity index (χ0) is 12.5. The molecule has 17 heavy (non-hydrogen) atoms. The highest BCUT2D eigenvalue weighted by molar-refractivity contribution is 5.74. The maximum atomic E-state index is 11.2. The van der Waals surface area contributed by atoms with E-state index in [9.17, 15) is 9.90 Å². The second-order valence-electron chi connectivity index (χ2n) is 6.18. The number of likely N-dealkylation sites (tertiary alicyclic amines) is 1. The third kappa shape index (κ3) is 2.65. The van der Waals surface area contributed by atoms with Gasteiger partial charge in [0.2, 0.25) is 0 Å². The molecule has 1 unspecified atom stereocenters. The Balaban J connectivity index is 1.92. The van der Waals surface area contributed by atoms with Gasteiger partial charge in [-0.15, -0.1) is 0 Å². The van der Waals surface area contributed by atoms with Crippen LogP contribution >= 0.6 is 0 Å². The molecule has 1 heterocycles. The first kappa shape index (κ1) is 12.9. The number of rotatable bonds is 2. The van der Waals surface area contributed by atoms with Crippen molar-refractivity contribution in [2.45, 2.75) is 70.9 Å². The molecule has 0 aromatic rings. The molecular formula is C14H25NO2. The highest BCUT2D eigenvalue weighted by Crippen LogP contribution is 2.39. The van der Waals surface area contributed by atoms with Gasteiger partial charge in [0.05, 0.1) is 5.41 Å². The van der Waals surface area contributed by atoms with Crippen LogP contribution in [0.2, 0.25) is 0 Å². The van der Waals surface area contributed by atoms with Crippen LogP contribution in [0.15, 0.2) is 0 Å². The van der Waals surface area contributed by atoms with Crippen LogP contribution in [0.25, 0.3) is 0 Å². The van der Waals surface area contributed by atoms with Gasteiger partial charge in [0.1, 0.15) is 0 Å². The first-order valence-electron chi connectivity index (χ1n) is 7.02. The van der Waals surface area contributed by atoms with Gasteiger partial charge < -0.3 is 5.11 Å². The lowest BCUT2D eigenvalue weighted by Gasteiger charge is -2.44. The molecule has 3 heteroatoms. The van der Waals surface area contributed by atoms with Gasteiger partial charge >= 0.3 is 5.97 Å². The summed E-state index contributed by atoms with van der Waals surface area (Å²) >= 11 is 0. The summed E-state index contributed by atoms with van der Waals surface area (Å²) in [7, 11) is 0. The fourth-order valence-electron chi connectivity index (χ4n) is 3.45. The number of carboxylic acids is 1. The molecule has 1 saturated heterocycles. The Kier molecular flexibility index (Phi) is 3.76. The van der Waals surface area contributed by atoms with E-state index in [-0.39, 0.29) is 0 Å². The van der Waals surface area contributed by atoms with E-state index in [1.807, 2.05) is 6.92 Å². The van der Waals surface area contributed by atoms with Crippen molar-refractivity contribution in [2.24, 2.45) is 5.41 Å². The van der Waals surface area contributed by atoms with Crippen LogP contribution in [0.4, 0.5) is 0 Å². The minimum Gasteiger partial charge on any atom is -0.481 e. The molecule has 98 valence electrons. The van der Waals surface area contributed by atoms with Crippen LogP contribution in [0.3, 0.4) is 0 Å². The molecule has 0 bridgehead atoms. The topological polar surface area (TPSA) is 40.5 Å². The molecule has 1 aliphatic heterocycles. The summed E-state index contributed by atoms with van der Waals surface area (Å²) in [5.41, 5.74) is -0.463. The van der Waals surface area contributed by atoms with E-state index in [1.165, 1.54) is 25.8 Å². The zero-order valence-electron chi connectivity index (χ0n) is 11.1. The first-order valence-corrected chi connectivity index (χ1v) is 7.02. The number of piperidine rings is 1. The highest BCUT2D eigenvalue weighted by Gasteiger charge is 2.39. The molecule has 2 aliphatic rings. The zero-order valence-corrected chi connectivity index (χ0v) is 11.1. The SMILES string of the molecule is CC1CCCCN1C1CCC(C)(C(=O)O)CC1. The molecule has 0 amide bonds. The molecule has 0 aromatic heterocycles.